The van der Waals surface area contributed by atoms with Crippen molar-refractivity contribution in [3.8, 4) is 11.5 Å². The number of allylic oxidation sites excluding steroid dienone is 1. The number of Topliss-reactive ketones (excluding diaryl/α,β-unsaturated/α-hetero) is 1. The number of ether oxygens (including phenoxy) is 1. The third-order valence-electron chi connectivity index (χ3n) is 4.23. The molecule has 0 spiro atoms. The van der Waals surface area contributed by atoms with Crippen LogP contribution in [-0.4, -0.2) is 36.0 Å². The normalized spacial score (nSPS) is 21.5. The lowest BCUT2D eigenvalue weighted by molar-refractivity contribution is -0.116. The smallest absolute Gasteiger partial charge is 0.322 e. The van der Waals surface area contributed by atoms with Crippen molar-refractivity contribution < 1.29 is 19.4 Å². The number of nitrogens with zero attached hydrogens (tertiary/aromatic N) is 1. The van der Waals surface area contributed by atoms with E-state index in [1.54, 1.807) is 19.2 Å². The molecule has 0 saturated heterocycles. The Bertz CT molecular complexity index is 681. The maximum atomic E-state index is 12.4. The Balaban J connectivity index is 2.11. The Morgan fingerprint density at radius 3 is 2.82 bits per heavy atom. The molecule has 0 bridgehead atoms. The van der Waals surface area contributed by atoms with E-state index in [0.717, 1.165) is 24.1 Å². The Hall–Kier alpha value is -2.50. The molecule has 0 fully saturated rings. The van der Waals surface area contributed by atoms with E-state index in [0.29, 0.717) is 17.7 Å². The summed E-state index contributed by atoms with van der Waals surface area (Å²) < 4.78 is 5.11. The van der Waals surface area contributed by atoms with Crippen molar-refractivity contribution in [2.24, 2.45) is 0 Å². The molecule has 2 aliphatic rings. The van der Waals surface area contributed by atoms with Gasteiger partial charge in [0.05, 0.1) is 13.2 Å². The second kappa shape index (κ2) is 5.36. The highest BCUT2D eigenvalue weighted by molar-refractivity contribution is 6.00. The summed E-state index contributed by atoms with van der Waals surface area (Å²) in [4.78, 5) is 26.0. The van der Waals surface area contributed by atoms with Gasteiger partial charge in [-0.15, -0.1) is 0 Å². The molecule has 0 aromatic heterocycles. The molecule has 0 unspecified atom stereocenters. The van der Waals surface area contributed by atoms with E-state index in [4.69, 9.17) is 4.74 Å². The Labute approximate surface area is 128 Å². The number of rotatable bonds is 2. The first-order chi connectivity index (χ1) is 10.5. The number of amides is 2. The van der Waals surface area contributed by atoms with Crippen LogP contribution in [0.4, 0.5) is 4.79 Å². The lowest BCUT2D eigenvalue weighted by Crippen LogP contribution is -2.47. The minimum atomic E-state index is -0.499. The second-order valence-electron chi connectivity index (χ2n) is 5.51. The lowest BCUT2D eigenvalue weighted by atomic mass is 9.85. The molecule has 22 heavy (non-hydrogen) atoms. The average molecular weight is 302 g/mol. The predicted molar refractivity (Wildman–Crippen MR) is 79.6 cm³/mol. The molecule has 1 aliphatic heterocycles. The molecule has 1 aromatic rings. The number of nitrogens with one attached hydrogen (secondary N) is 1. The summed E-state index contributed by atoms with van der Waals surface area (Å²) in [5.74, 6) is 0.399. The van der Waals surface area contributed by atoms with Gasteiger partial charge in [-0.05, 0) is 30.5 Å². The van der Waals surface area contributed by atoms with Crippen molar-refractivity contribution in [2.75, 3.05) is 14.2 Å². The van der Waals surface area contributed by atoms with Crippen LogP contribution in [0.5, 0.6) is 11.5 Å². The number of phenols is 1. The van der Waals surface area contributed by atoms with E-state index in [1.807, 2.05) is 0 Å². The van der Waals surface area contributed by atoms with Gasteiger partial charge >= 0.3 is 6.03 Å². The van der Waals surface area contributed by atoms with Crippen LogP contribution in [0.2, 0.25) is 0 Å². The monoisotopic (exact) mass is 302 g/mol. The zero-order chi connectivity index (χ0) is 15.9. The number of urea groups is 1. The van der Waals surface area contributed by atoms with Gasteiger partial charge in [-0.2, -0.15) is 0 Å². The second-order valence-corrected chi connectivity index (χ2v) is 5.51. The first-order valence-electron chi connectivity index (χ1n) is 7.20. The van der Waals surface area contributed by atoms with Crippen LogP contribution in [0.3, 0.4) is 0 Å². The summed E-state index contributed by atoms with van der Waals surface area (Å²) in [6.45, 7) is 0. The molecule has 6 nitrogen and oxygen atoms in total. The topological polar surface area (TPSA) is 78.9 Å². The van der Waals surface area contributed by atoms with Gasteiger partial charge in [-0.25, -0.2) is 4.79 Å². The van der Waals surface area contributed by atoms with Crippen LogP contribution >= 0.6 is 0 Å². The average Bonchev–Trinajstić information content (AvgIpc) is 2.51. The lowest BCUT2D eigenvalue weighted by Gasteiger charge is -2.37. The summed E-state index contributed by atoms with van der Waals surface area (Å²) >= 11 is 0. The van der Waals surface area contributed by atoms with Crippen LogP contribution in [0.1, 0.15) is 30.9 Å². The fraction of sp³-hybridized carbons (Fsp3) is 0.375. The van der Waals surface area contributed by atoms with Crippen molar-refractivity contribution in [1.29, 1.82) is 0 Å². The summed E-state index contributed by atoms with van der Waals surface area (Å²) in [6, 6.07) is 4.12. The number of ketones is 1. The quantitative estimate of drug-likeness (QED) is 0.877. The van der Waals surface area contributed by atoms with Gasteiger partial charge in [0.25, 0.3) is 0 Å². The summed E-state index contributed by atoms with van der Waals surface area (Å²) in [6.07, 6.45) is 1.98. The van der Waals surface area contributed by atoms with Crippen LogP contribution in [0, 0.1) is 0 Å². The van der Waals surface area contributed by atoms with Crippen LogP contribution in [-0.2, 0) is 4.79 Å². The molecule has 1 aliphatic carbocycles. The number of benzene rings is 1. The number of phenolic OH excluding ortho intramolecular Hbond substituents is 1. The largest absolute Gasteiger partial charge is 0.504 e. The molecular weight excluding hydrogens is 284 g/mol. The maximum Gasteiger partial charge on any atom is 0.322 e. The third-order valence-corrected chi connectivity index (χ3v) is 4.23. The first kappa shape index (κ1) is 14.4. The van der Waals surface area contributed by atoms with Crippen LogP contribution < -0.4 is 10.1 Å². The molecule has 116 valence electrons. The summed E-state index contributed by atoms with van der Waals surface area (Å²) in [5, 5.41) is 12.6. The van der Waals surface area contributed by atoms with Crippen molar-refractivity contribution >= 4 is 11.8 Å². The SMILES string of the molecule is COc1cc([C@@H]2NC(=O)N(C)C3=C2C(=O)CCC3)ccc1O. The third kappa shape index (κ3) is 2.20. The van der Waals surface area contributed by atoms with Crippen molar-refractivity contribution in [3.63, 3.8) is 0 Å². The Morgan fingerprint density at radius 2 is 2.09 bits per heavy atom. The zero-order valence-electron chi connectivity index (χ0n) is 12.5. The van der Waals surface area contributed by atoms with Crippen molar-refractivity contribution in [2.45, 2.75) is 25.3 Å². The van der Waals surface area contributed by atoms with Gasteiger partial charge in [0, 0.05) is 24.7 Å². The molecule has 1 aromatic carbocycles. The molecule has 2 N–H and O–H groups in total. The summed E-state index contributed by atoms with van der Waals surface area (Å²) in [5.41, 5.74) is 2.15. The minimum Gasteiger partial charge on any atom is -0.504 e. The zero-order valence-corrected chi connectivity index (χ0v) is 12.5. The van der Waals surface area contributed by atoms with Crippen molar-refractivity contribution in [1.82, 2.24) is 10.2 Å². The highest BCUT2D eigenvalue weighted by atomic mass is 16.5. The van der Waals surface area contributed by atoms with Gasteiger partial charge in [-0.1, -0.05) is 6.07 Å². The van der Waals surface area contributed by atoms with E-state index in [-0.39, 0.29) is 17.6 Å². The molecule has 0 saturated carbocycles. The van der Waals surface area contributed by atoms with E-state index in [9.17, 15) is 14.7 Å². The van der Waals surface area contributed by atoms with E-state index < -0.39 is 6.04 Å². The van der Waals surface area contributed by atoms with Crippen LogP contribution in [0.25, 0.3) is 0 Å². The van der Waals surface area contributed by atoms with E-state index >= 15 is 0 Å². The maximum absolute atomic E-state index is 12.4. The molecule has 6 heteroatoms. The van der Waals surface area contributed by atoms with Crippen LogP contribution in [0.15, 0.2) is 29.5 Å². The van der Waals surface area contributed by atoms with Gasteiger partial charge in [0.15, 0.2) is 17.3 Å². The highest BCUT2D eigenvalue weighted by Gasteiger charge is 2.37. The van der Waals surface area contributed by atoms with Crippen molar-refractivity contribution in [3.05, 3.63) is 35.0 Å². The fourth-order valence-corrected chi connectivity index (χ4v) is 3.06. The van der Waals surface area contributed by atoms with Gasteiger partial charge in [-0.3, -0.25) is 4.79 Å². The van der Waals surface area contributed by atoms with Gasteiger partial charge in [0.2, 0.25) is 0 Å². The predicted octanol–water partition coefficient (Wildman–Crippen LogP) is 2.10. The fourth-order valence-electron chi connectivity index (χ4n) is 3.06. The summed E-state index contributed by atoms with van der Waals surface area (Å²) in [7, 11) is 3.14. The molecule has 3 rings (SSSR count). The minimum absolute atomic E-state index is 0.0228. The number of hydrogen-bond donors (Lipinski definition) is 2. The standard InChI is InChI=1S/C16H18N2O4/c1-18-10-4-3-5-12(20)14(10)15(17-16(18)21)9-6-7-11(19)13(8-9)22-2/h6-8,15,19H,3-5H2,1-2H3,(H,17,21)/t15-/m0/s1. The first-order valence-corrected chi connectivity index (χ1v) is 7.20. The number of aromatic hydroxyl groups is 1. The number of methoxy groups -OCH3 is 1. The molecule has 1 atom stereocenters. The van der Waals surface area contributed by atoms with E-state index in [2.05, 4.69) is 5.32 Å². The Kier molecular flexibility index (Phi) is 3.52. The molecule has 1 heterocycles. The highest BCUT2D eigenvalue weighted by Crippen LogP contribution is 2.38. The van der Waals surface area contributed by atoms with Gasteiger partial charge < -0.3 is 20.1 Å². The molecule has 2 amide bonds. The molecular formula is C16H18N2O4. The number of carbonyl (C=O) groups excluding carboxylic acids is 2. The van der Waals surface area contributed by atoms with E-state index in [1.165, 1.54) is 18.1 Å². The van der Waals surface area contributed by atoms with Gasteiger partial charge in [0.1, 0.15) is 0 Å². The molecule has 0 radical (unpaired) electrons. The number of carbonyl (C=O) groups is 2. The number of hydrogen-bond acceptors (Lipinski definition) is 4. The Morgan fingerprint density at radius 1 is 1.32 bits per heavy atom.